The first kappa shape index (κ1) is 24.9. The van der Waals surface area contributed by atoms with Gasteiger partial charge in [0.05, 0.1) is 16.6 Å². The van der Waals surface area contributed by atoms with Crippen LogP contribution in [0.15, 0.2) is 47.5 Å². The quantitative estimate of drug-likeness (QED) is 0.499. The fourth-order valence-corrected chi connectivity index (χ4v) is 4.28. The molecular weight excluding hydrogens is 443 g/mol. The Morgan fingerprint density at radius 2 is 1.85 bits per heavy atom. The van der Waals surface area contributed by atoms with Gasteiger partial charge in [0.2, 0.25) is 0 Å². The summed E-state index contributed by atoms with van der Waals surface area (Å²) in [5, 5.41) is 9.22. The van der Waals surface area contributed by atoms with Crippen LogP contribution in [0.3, 0.4) is 0 Å². The minimum atomic E-state index is -0.998. The molecule has 176 valence electrons. The van der Waals surface area contributed by atoms with Crippen LogP contribution in [0.4, 0.5) is 4.39 Å². The van der Waals surface area contributed by atoms with Crippen LogP contribution in [-0.4, -0.2) is 33.3 Å². The van der Waals surface area contributed by atoms with E-state index in [1.165, 1.54) is 18.2 Å². The third kappa shape index (κ3) is 5.27. The second-order valence-corrected chi connectivity index (χ2v) is 10.3. The first-order valence-electron chi connectivity index (χ1n) is 11.1. The van der Waals surface area contributed by atoms with Crippen LogP contribution in [0.5, 0.6) is 0 Å². The van der Waals surface area contributed by atoms with Crippen molar-refractivity contribution >= 4 is 29.2 Å². The molecule has 0 aromatic heterocycles. The Kier molecular flexibility index (Phi) is 6.99. The van der Waals surface area contributed by atoms with E-state index in [1.807, 2.05) is 13.8 Å². The highest BCUT2D eigenvalue weighted by atomic mass is 35.5. The molecule has 0 radical (unpaired) electrons. The molecule has 0 saturated carbocycles. The van der Waals surface area contributed by atoms with Gasteiger partial charge in [0.25, 0.3) is 5.91 Å². The van der Waals surface area contributed by atoms with E-state index < -0.39 is 17.4 Å². The van der Waals surface area contributed by atoms with E-state index in [-0.39, 0.29) is 33.7 Å². The molecule has 1 heterocycles. The molecule has 2 atom stereocenters. The molecule has 1 N–H and O–H groups in total. The van der Waals surface area contributed by atoms with Crippen molar-refractivity contribution in [3.63, 3.8) is 0 Å². The smallest absolute Gasteiger partial charge is 0.335 e. The lowest BCUT2D eigenvalue weighted by Gasteiger charge is -2.40. The van der Waals surface area contributed by atoms with Crippen LogP contribution in [0.25, 0.3) is 0 Å². The SMILES string of the molecule is CCC1(C)N=C(c2ccc(F)c(Cl)c2)C(=O)N1C(CCC(C)(C)C)c1ccc(C(=O)O)cc1. The molecule has 2 unspecified atom stereocenters. The number of hydrogen-bond donors (Lipinski definition) is 1. The topological polar surface area (TPSA) is 70.0 Å². The zero-order valence-corrected chi connectivity index (χ0v) is 20.4. The average molecular weight is 473 g/mol. The van der Waals surface area contributed by atoms with Gasteiger partial charge in [0.15, 0.2) is 0 Å². The van der Waals surface area contributed by atoms with Crippen molar-refractivity contribution in [1.29, 1.82) is 0 Å². The monoisotopic (exact) mass is 472 g/mol. The molecule has 0 saturated heterocycles. The minimum Gasteiger partial charge on any atom is -0.478 e. The van der Waals surface area contributed by atoms with Gasteiger partial charge in [0, 0.05) is 5.56 Å². The van der Waals surface area contributed by atoms with Crippen molar-refractivity contribution in [3.05, 3.63) is 70.0 Å². The van der Waals surface area contributed by atoms with Crippen molar-refractivity contribution in [2.75, 3.05) is 0 Å². The third-order valence-electron chi connectivity index (χ3n) is 6.18. The fourth-order valence-electron chi connectivity index (χ4n) is 4.10. The molecule has 7 heteroatoms. The van der Waals surface area contributed by atoms with Gasteiger partial charge in [-0.05, 0) is 67.5 Å². The summed E-state index contributed by atoms with van der Waals surface area (Å²) in [6.07, 6.45) is 2.11. The van der Waals surface area contributed by atoms with Crippen molar-refractivity contribution in [1.82, 2.24) is 4.90 Å². The number of aromatic carboxylic acids is 1. The van der Waals surface area contributed by atoms with Crippen LogP contribution in [-0.2, 0) is 4.79 Å². The van der Waals surface area contributed by atoms with Gasteiger partial charge in [-0.3, -0.25) is 9.79 Å². The molecule has 0 spiro atoms. The predicted octanol–water partition coefficient (Wildman–Crippen LogP) is 6.50. The van der Waals surface area contributed by atoms with Gasteiger partial charge in [-0.15, -0.1) is 0 Å². The van der Waals surface area contributed by atoms with Gasteiger partial charge >= 0.3 is 5.97 Å². The normalized spacial score (nSPS) is 19.5. The highest BCUT2D eigenvalue weighted by Crippen LogP contribution is 2.41. The van der Waals surface area contributed by atoms with E-state index in [0.717, 1.165) is 12.0 Å². The number of halogens is 2. The van der Waals surface area contributed by atoms with E-state index in [4.69, 9.17) is 16.6 Å². The zero-order chi connectivity index (χ0) is 24.6. The number of carbonyl (C=O) groups is 2. The number of carboxylic acids is 1. The summed E-state index contributed by atoms with van der Waals surface area (Å²) in [7, 11) is 0. The summed E-state index contributed by atoms with van der Waals surface area (Å²) in [5.74, 6) is -1.80. The molecule has 5 nitrogen and oxygen atoms in total. The van der Waals surface area contributed by atoms with Crippen LogP contribution in [0.2, 0.25) is 5.02 Å². The Labute approximate surface area is 199 Å². The van der Waals surface area contributed by atoms with Crippen molar-refractivity contribution in [2.45, 2.75) is 65.6 Å². The largest absolute Gasteiger partial charge is 0.478 e. The summed E-state index contributed by atoms with van der Waals surface area (Å²) in [5.41, 5.74) is 1.01. The molecule has 0 bridgehead atoms. The molecule has 2 aromatic rings. The standard InChI is InChI=1S/C26H30ClFN2O3/c1-6-26(5)29-22(18-11-12-20(28)19(27)15-18)23(31)30(26)21(13-14-25(2,3)4)16-7-9-17(10-8-16)24(32)33/h7-12,15,21H,6,13-14H2,1-5H3,(H,32,33). The fraction of sp³-hybridized carbons (Fsp3) is 0.423. The number of rotatable bonds is 7. The molecule has 1 aliphatic rings. The van der Waals surface area contributed by atoms with Gasteiger partial charge in [-0.25, -0.2) is 9.18 Å². The number of amides is 1. The molecule has 2 aromatic carbocycles. The number of carbonyl (C=O) groups excluding carboxylic acids is 1. The van der Waals surface area contributed by atoms with Gasteiger partial charge in [-0.2, -0.15) is 0 Å². The molecule has 1 aliphatic heterocycles. The van der Waals surface area contributed by atoms with E-state index in [1.54, 1.807) is 29.2 Å². The lowest BCUT2D eigenvalue weighted by atomic mass is 9.85. The van der Waals surface area contributed by atoms with Gasteiger partial charge in [-0.1, -0.05) is 51.4 Å². The maximum atomic E-state index is 13.8. The van der Waals surface area contributed by atoms with Crippen LogP contribution in [0, 0.1) is 11.2 Å². The summed E-state index contributed by atoms with van der Waals surface area (Å²) in [4.78, 5) is 31.7. The molecule has 33 heavy (non-hydrogen) atoms. The average Bonchev–Trinajstić information content (AvgIpc) is 3.01. The maximum Gasteiger partial charge on any atom is 0.335 e. The highest BCUT2D eigenvalue weighted by molar-refractivity contribution is 6.47. The Morgan fingerprint density at radius 3 is 2.36 bits per heavy atom. The lowest BCUT2D eigenvalue weighted by molar-refractivity contribution is -0.131. The predicted molar refractivity (Wildman–Crippen MR) is 128 cm³/mol. The molecular formula is C26H30ClFN2O3. The van der Waals surface area contributed by atoms with E-state index in [2.05, 4.69) is 20.8 Å². The Hall–Kier alpha value is -2.73. The Morgan fingerprint density at radius 1 is 1.21 bits per heavy atom. The zero-order valence-electron chi connectivity index (χ0n) is 19.7. The molecule has 0 aliphatic carbocycles. The van der Waals surface area contributed by atoms with E-state index >= 15 is 0 Å². The number of benzene rings is 2. The van der Waals surface area contributed by atoms with Crippen LogP contribution < -0.4 is 0 Å². The van der Waals surface area contributed by atoms with Crippen molar-refractivity contribution in [3.8, 4) is 0 Å². The number of hydrogen-bond acceptors (Lipinski definition) is 3. The number of aliphatic imine (C=N–C) groups is 1. The minimum absolute atomic E-state index is 0.0405. The maximum absolute atomic E-state index is 13.8. The lowest BCUT2D eigenvalue weighted by Crippen LogP contribution is -2.47. The van der Waals surface area contributed by atoms with Crippen molar-refractivity contribution in [2.24, 2.45) is 10.4 Å². The third-order valence-corrected chi connectivity index (χ3v) is 6.47. The number of carboxylic acid groups (broad SMARTS) is 1. The second-order valence-electron chi connectivity index (χ2n) is 9.88. The van der Waals surface area contributed by atoms with Gasteiger partial charge < -0.3 is 10.0 Å². The Balaban J connectivity index is 2.06. The second kappa shape index (κ2) is 9.26. The number of nitrogens with zero attached hydrogens (tertiary/aromatic N) is 2. The summed E-state index contributed by atoms with van der Waals surface area (Å²) in [6.45, 7) is 10.3. The highest BCUT2D eigenvalue weighted by Gasteiger charge is 2.46. The molecule has 1 amide bonds. The van der Waals surface area contributed by atoms with Gasteiger partial charge in [0.1, 0.15) is 17.2 Å². The summed E-state index contributed by atoms with van der Waals surface area (Å²) < 4.78 is 13.7. The Bertz CT molecular complexity index is 1090. The summed E-state index contributed by atoms with van der Waals surface area (Å²) >= 11 is 5.98. The van der Waals surface area contributed by atoms with E-state index in [9.17, 15) is 19.1 Å². The first-order valence-corrected chi connectivity index (χ1v) is 11.5. The van der Waals surface area contributed by atoms with E-state index in [0.29, 0.717) is 18.4 Å². The van der Waals surface area contributed by atoms with Crippen molar-refractivity contribution < 1.29 is 19.1 Å². The first-order chi connectivity index (χ1) is 15.4. The molecule has 3 rings (SSSR count). The summed E-state index contributed by atoms with van der Waals surface area (Å²) in [6, 6.07) is 10.5. The van der Waals surface area contributed by atoms with Crippen LogP contribution >= 0.6 is 11.6 Å². The molecule has 0 fully saturated rings. The van der Waals surface area contributed by atoms with Crippen LogP contribution in [0.1, 0.15) is 81.4 Å².